The Morgan fingerprint density at radius 1 is 0.850 bits per heavy atom. The van der Waals surface area contributed by atoms with Gasteiger partial charge in [-0.1, -0.05) is 68.8 Å². The van der Waals surface area contributed by atoms with E-state index in [1.165, 1.54) is 35.1 Å². The van der Waals surface area contributed by atoms with Crippen LogP contribution < -0.4 is 5.32 Å². The molecule has 1 N–H and O–H groups in total. The van der Waals surface area contributed by atoms with Gasteiger partial charge in [-0.05, 0) is 42.1 Å². The molecule has 20 heavy (non-hydrogen) atoms. The Balaban J connectivity index is 2.17. The Bertz CT molecular complexity index is 506. The molecule has 106 valence electrons. The van der Waals surface area contributed by atoms with Gasteiger partial charge in [0.05, 0.1) is 0 Å². The fraction of sp³-hybridized carbons (Fsp3) is 0.368. The van der Waals surface area contributed by atoms with E-state index in [0.29, 0.717) is 6.04 Å². The molecule has 0 aliphatic heterocycles. The summed E-state index contributed by atoms with van der Waals surface area (Å²) in [5, 5.41) is 3.35. The summed E-state index contributed by atoms with van der Waals surface area (Å²) in [6.45, 7) is 4.43. The predicted molar refractivity (Wildman–Crippen MR) is 88.0 cm³/mol. The highest BCUT2D eigenvalue weighted by molar-refractivity contribution is 5.64. The normalized spacial score (nSPS) is 12.3. The maximum Gasteiger partial charge on any atom is 0.0314 e. The zero-order chi connectivity index (χ0) is 14.4. The third kappa shape index (κ3) is 3.49. The summed E-state index contributed by atoms with van der Waals surface area (Å²) < 4.78 is 0. The first-order chi connectivity index (χ1) is 9.78. The van der Waals surface area contributed by atoms with E-state index in [4.69, 9.17) is 0 Å². The van der Waals surface area contributed by atoms with Gasteiger partial charge in [0.1, 0.15) is 0 Å². The summed E-state index contributed by atoms with van der Waals surface area (Å²) in [5.41, 5.74) is 5.38. The van der Waals surface area contributed by atoms with Gasteiger partial charge in [-0.3, -0.25) is 0 Å². The van der Waals surface area contributed by atoms with Gasteiger partial charge in [0.2, 0.25) is 0 Å². The average molecular weight is 267 g/mol. The number of rotatable bonds is 6. The first-order valence-corrected chi connectivity index (χ1v) is 7.65. The van der Waals surface area contributed by atoms with Gasteiger partial charge in [-0.25, -0.2) is 0 Å². The highest BCUT2D eigenvalue weighted by Gasteiger charge is 2.06. The van der Waals surface area contributed by atoms with Crippen molar-refractivity contribution in [1.82, 2.24) is 5.32 Å². The van der Waals surface area contributed by atoms with Crippen LogP contribution in [-0.4, -0.2) is 7.05 Å². The predicted octanol–water partition coefficient (Wildman–Crippen LogP) is 4.98. The van der Waals surface area contributed by atoms with E-state index in [-0.39, 0.29) is 0 Å². The first kappa shape index (κ1) is 14.8. The van der Waals surface area contributed by atoms with Crippen molar-refractivity contribution in [1.29, 1.82) is 0 Å². The Labute approximate surface area is 123 Å². The molecule has 0 heterocycles. The summed E-state index contributed by atoms with van der Waals surface area (Å²) in [6, 6.07) is 18.3. The van der Waals surface area contributed by atoms with Gasteiger partial charge in [-0.2, -0.15) is 0 Å². The molecule has 0 bridgehead atoms. The Hall–Kier alpha value is -1.60. The molecule has 0 amide bonds. The van der Waals surface area contributed by atoms with Crippen LogP contribution in [0.5, 0.6) is 0 Å². The topological polar surface area (TPSA) is 12.0 Å². The summed E-state index contributed by atoms with van der Waals surface area (Å²) in [7, 11) is 2.02. The van der Waals surface area contributed by atoms with Crippen molar-refractivity contribution in [3.63, 3.8) is 0 Å². The van der Waals surface area contributed by atoms with E-state index < -0.39 is 0 Å². The molecule has 0 aliphatic rings. The number of aryl methyl sites for hydroxylation is 1. The Kier molecular flexibility index (Phi) is 5.37. The molecular weight excluding hydrogens is 242 g/mol. The highest BCUT2D eigenvalue weighted by Crippen LogP contribution is 2.23. The monoisotopic (exact) mass is 267 g/mol. The van der Waals surface area contributed by atoms with Gasteiger partial charge in [-0.15, -0.1) is 0 Å². The molecule has 0 fully saturated rings. The van der Waals surface area contributed by atoms with Crippen molar-refractivity contribution in [2.75, 3.05) is 7.05 Å². The second kappa shape index (κ2) is 7.25. The first-order valence-electron chi connectivity index (χ1n) is 7.65. The van der Waals surface area contributed by atoms with Crippen LogP contribution in [0.4, 0.5) is 0 Å². The third-order valence-corrected chi connectivity index (χ3v) is 3.90. The largest absolute Gasteiger partial charge is 0.313 e. The lowest BCUT2D eigenvalue weighted by Crippen LogP contribution is -2.14. The molecular formula is C19H25N. The quantitative estimate of drug-likeness (QED) is 0.778. The molecule has 0 spiro atoms. The minimum absolute atomic E-state index is 0.455. The smallest absolute Gasteiger partial charge is 0.0314 e. The fourth-order valence-corrected chi connectivity index (χ4v) is 2.67. The van der Waals surface area contributed by atoms with Crippen molar-refractivity contribution < 1.29 is 0 Å². The maximum absolute atomic E-state index is 3.35. The van der Waals surface area contributed by atoms with Gasteiger partial charge in [0.15, 0.2) is 0 Å². The van der Waals surface area contributed by atoms with Crippen molar-refractivity contribution in [3.05, 3.63) is 59.7 Å². The van der Waals surface area contributed by atoms with E-state index in [0.717, 1.165) is 6.42 Å². The van der Waals surface area contributed by atoms with E-state index >= 15 is 0 Å². The summed E-state index contributed by atoms with van der Waals surface area (Å²) in [5.74, 6) is 0. The fourth-order valence-electron chi connectivity index (χ4n) is 2.67. The zero-order valence-corrected chi connectivity index (χ0v) is 12.8. The SMILES string of the molecule is CCCc1ccc(-c2ccc(C(CC)NC)cc2)cc1. The molecule has 0 aliphatic carbocycles. The second-order valence-electron chi connectivity index (χ2n) is 5.32. The average Bonchev–Trinajstić information content (AvgIpc) is 2.50. The van der Waals surface area contributed by atoms with Crippen LogP contribution in [0.15, 0.2) is 48.5 Å². The van der Waals surface area contributed by atoms with Crippen LogP contribution in [0, 0.1) is 0 Å². The molecule has 2 aromatic rings. The standard InChI is InChI=1S/C19H25N/c1-4-6-15-7-9-16(10-8-15)17-11-13-18(14-12-17)19(5-2)20-3/h7-14,19-20H,4-6H2,1-3H3. The minimum Gasteiger partial charge on any atom is -0.313 e. The summed E-state index contributed by atoms with van der Waals surface area (Å²) >= 11 is 0. The van der Waals surface area contributed by atoms with Crippen LogP contribution in [0.3, 0.4) is 0 Å². The Morgan fingerprint density at radius 3 is 1.85 bits per heavy atom. The van der Waals surface area contributed by atoms with Crippen molar-refractivity contribution in [3.8, 4) is 11.1 Å². The second-order valence-corrected chi connectivity index (χ2v) is 5.32. The number of hydrogen-bond donors (Lipinski definition) is 1. The zero-order valence-electron chi connectivity index (χ0n) is 12.8. The molecule has 0 saturated heterocycles. The lowest BCUT2D eigenvalue weighted by atomic mass is 9.98. The maximum atomic E-state index is 3.35. The van der Waals surface area contributed by atoms with Crippen LogP contribution in [0.25, 0.3) is 11.1 Å². The molecule has 1 atom stereocenters. The van der Waals surface area contributed by atoms with E-state index in [1.54, 1.807) is 0 Å². The molecule has 1 heteroatoms. The molecule has 1 nitrogen and oxygen atoms in total. The number of hydrogen-bond acceptors (Lipinski definition) is 1. The van der Waals surface area contributed by atoms with E-state index in [9.17, 15) is 0 Å². The summed E-state index contributed by atoms with van der Waals surface area (Å²) in [4.78, 5) is 0. The van der Waals surface area contributed by atoms with Gasteiger partial charge < -0.3 is 5.32 Å². The van der Waals surface area contributed by atoms with Crippen LogP contribution in [0.2, 0.25) is 0 Å². The minimum atomic E-state index is 0.455. The van der Waals surface area contributed by atoms with Crippen molar-refractivity contribution >= 4 is 0 Å². The van der Waals surface area contributed by atoms with E-state index in [1.807, 2.05) is 7.05 Å². The van der Waals surface area contributed by atoms with E-state index in [2.05, 4.69) is 67.7 Å². The molecule has 2 aromatic carbocycles. The third-order valence-electron chi connectivity index (χ3n) is 3.90. The lowest BCUT2D eigenvalue weighted by Gasteiger charge is -2.14. The molecule has 0 aromatic heterocycles. The lowest BCUT2D eigenvalue weighted by molar-refractivity contribution is 0.577. The summed E-state index contributed by atoms with van der Waals surface area (Å²) in [6.07, 6.45) is 3.48. The van der Waals surface area contributed by atoms with Crippen LogP contribution in [0.1, 0.15) is 43.9 Å². The van der Waals surface area contributed by atoms with Crippen LogP contribution >= 0.6 is 0 Å². The Morgan fingerprint density at radius 2 is 1.40 bits per heavy atom. The number of benzene rings is 2. The van der Waals surface area contributed by atoms with Gasteiger partial charge in [0.25, 0.3) is 0 Å². The highest BCUT2D eigenvalue weighted by atomic mass is 14.9. The van der Waals surface area contributed by atoms with Gasteiger partial charge in [0, 0.05) is 6.04 Å². The van der Waals surface area contributed by atoms with Crippen LogP contribution in [-0.2, 0) is 6.42 Å². The van der Waals surface area contributed by atoms with Crippen molar-refractivity contribution in [2.24, 2.45) is 0 Å². The van der Waals surface area contributed by atoms with Gasteiger partial charge >= 0.3 is 0 Å². The molecule has 0 radical (unpaired) electrons. The number of nitrogens with one attached hydrogen (secondary N) is 1. The molecule has 0 saturated carbocycles. The molecule has 1 unspecified atom stereocenters. The molecule has 2 rings (SSSR count). The van der Waals surface area contributed by atoms with Crippen molar-refractivity contribution in [2.45, 2.75) is 39.2 Å².